The molecule has 0 amide bonds. The molecule has 0 fully saturated rings. The van der Waals surface area contributed by atoms with Gasteiger partial charge in [-0.1, -0.05) is 30.3 Å². The van der Waals surface area contributed by atoms with E-state index in [1.165, 1.54) is 0 Å². The van der Waals surface area contributed by atoms with Crippen molar-refractivity contribution in [2.75, 3.05) is 0 Å². The molecule has 132 valence electrons. The molecule has 1 N–H and O–H groups in total. The van der Waals surface area contributed by atoms with E-state index in [0.717, 1.165) is 45.1 Å². The third-order valence-electron chi connectivity index (χ3n) is 4.72. The Morgan fingerprint density at radius 1 is 0.741 bits per heavy atom. The molecule has 0 atom stereocenters. The second-order valence-corrected chi connectivity index (χ2v) is 6.90. The summed E-state index contributed by atoms with van der Waals surface area (Å²) < 4.78 is 2.24. The zero-order valence-corrected chi connectivity index (χ0v) is 15.2. The number of fused-ring (bicyclic) bond motifs is 2. The lowest BCUT2D eigenvalue weighted by atomic mass is 10.2. The highest BCUT2D eigenvalue weighted by Crippen LogP contribution is 2.28. The highest BCUT2D eigenvalue weighted by atomic mass is 15.1. The number of pyridine rings is 1. The van der Waals surface area contributed by atoms with E-state index >= 15 is 0 Å². The van der Waals surface area contributed by atoms with E-state index in [0.29, 0.717) is 0 Å². The number of para-hydroxylation sites is 4. The van der Waals surface area contributed by atoms with E-state index in [1.54, 1.807) is 0 Å². The van der Waals surface area contributed by atoms with Gasteiger partial charge >= 0.3 is 0 Å². The van der Waals surface area contributed by atoms with Crippen LogP contribution in [0.2, 0.25) is 0 Å². The number of hydrogen-bond donors (Lipinski definition) is 1. The van der Waals surface area contributed by atoms with Gasteiger partial charge in [-0.2, -0.15) is 0 Å². The van der Waals surface area contributed by atoms with Crippen molar-refractivity contribution in [2.45, 2.75) is 19.9 Å². The molecule has 27 heavy (non-hydrogen) atoms. The number of benzene rings is 2. The molecule has 0 aliphatic heterocycles. The summed E-state index contributed by atoms with van der Waals surface area (Å²) in [5.74, 6) is 1.65. The van der Waals surface area contributed by atoms with Crippen molar-refractivity contribution in [2.24, 2.45) is 0 Å². The molecule has 5 aromatic rings. The van der Waals surface area contributed by atoms with E-state index in [2.05, 4.69) is 34.4 Å². The van der Waals surface area contributed by atoms with Crippen LogP contribution in [0.1, 0.15) is 19.9 Å². The molecular formula is C22H19N5. The Morgan fingerprint density at radius 3 is 2.30 bits per heavy atom. The third-order valence-corrected chi connectivity index (χ3v) is 4.72. The molecule has 0 saturated heterocycles. The fourth-order valence-electron chi connectivity index (χ4n) is 3.51. The molecule has 5 heteroatoms. The number of aromatic amines is 1. The minimum Gasteiger partial charge on any atom is -0.337 e. The molecule has 0 unspecified atom stereocenters. The minimum atomic E-state index is 0.282. The first-order chi connectivity index (χ1) is 13.2. The van der Waals surface area contributed by atoms with Crippen LogP contribution >= 0.6 is 0 Å². The van der Waals surface area contributed by atoms with Crippen LogP contribution in [0.15, 0.2) is 66.7 Å². The molecule has 3 aromatic heterocycles. The number of aromatic nitrogens is 5. The van der Waals surface area contributed by atoms with Gasteiger partial charge < -0.3 is 9.55 Å². The Labute approximate surface area is 156 Å². The molecule has 0 aliphatic carbocycles. The van der Waals surface area contributed by atoms with Gasteiger partial charge in [0.25, 0.3) is 0 Å². The van der Waals surface area contributed by atoms with Crippen LogP contribution in [0.5, 0.6) is 0 Å². The highest BCUT2D eigenvalue weighted by Gasteiger charge is 2.16. The summed E-state index contributed by atoms with van der Waals surface area (Å²) in [5, 5.41) is 0. The Morgan fingerprint density at radius 2 is 1.48 bits per heavy atom. The van der Waals surface area contributed by atoms with Crippen molar-refractivity contribution < 1.29 is 0 Å². The van der Waals surface area contributed by atoms with Crippen molar-refractivity contribution in [3.05, 3.63) is 66.7 Å². The van der Waals surface area contributed by atoms with Gasteiger partial charge in [0.2, 0.25) is 0 Å². The Kier molecular flexibility index (Phi) is 3.53. The lowest BCUT2D eigenvalue weighted by Gasteiger charge is -2.13. The van der Waals surface area contributed by atoms with Gasteiger partial charge in [-0.3, -0.25) is 0 Å². The largest absolute Gasteiger partial charge is 0.337 e. The van der Waals surface area contributed by atoms with Gasteiger partial charge in [-0.25, -0.2) is 15.0 Å². The molecule has 0 radical (unpaired) electrons. The number of rotatable bonds is 3. The summed E-state index contributed by atoms with van der Waals surface area (Å²) in [5.41, 5.74) is 5.71. The quantitative estimate of drug-likeness (QED) is 0.483. The van der Waals surface area contributed by atoms with Gasteiger partial charge in [0.05, 0.1) is 22.1 Å². The van der Waals surface area contributed by atoms with Crippen LogP contribution in [0.25, 0.3) is 45.1 Å². The van der Waals surface area contributed by atoms with Crippen molar-refractivity contribution in [1.82, 2.24) is 24.5 Å². The molecule has 3 heterocycles. The zero-order valence-electron chi connectivity index (χ0n) is 15.2. The maximum Gasteiger partial charge on any atom is 0.160 e. The van der Waals surface area contributed by atoms with E-state index in [-0.39, 0.29) is 6.04 Å². The number of nitrogens with one attached hydrogen (secondary N) is 1. The number of imidazole rings is 2. The van der Waals surface area contributed by atoms with Crippen LogP contribution in [-0.4, -0.2) is 24.5 Å². The monoisotopic (exact) mass is 353 g/mol. The molecular weight excluding hydrogens is 334 g/mol. The van der Waals surface area contributed by atoms with Crippen molar-refractivity contribution >= 4 is 22.1 Å². The van der Waals surface area contributed by atoms with E-state index in [4.69, 9.17) is 9.97 Å². The smallest absolute Gasteiger partial charge is 0.160 e. The lowest BCUT2D eigenvalue weighted by Crippen LogP contribution is -2.04. The normalized spacial score (nSPS) is 11.7. The first-order valence-electron chi connectivity index (χ1n) is 9.10. The summed E-state index contributed by atoms with van der Waals surface area (Å²) in [7, 11) is 0. The average Bonchev–Trinajstić information content (AvgIpc) is 3.29. The molecule has 0 aliphatic rings. The fourth-order valence-corrected chi connectivity index (χ4v) is 3.51. The summed E-state index contributed by atoms with van der Waals surface area (Å²) >= 11 is 0. The van der Waals surface area contributed by atoms with E-state index in [9.17, 15) is 0 Å². The van der Waals surface area contributed by atoms with Gasteiger partial charge in [-0.15, -0.1) is 0 Å². The van der Waals surface area contributed by atoms with Crippen molar-refractivity contribution in [1.29, 1.82) is 0 Å². The van der Waals surface area contributed by atoms with Gasteiger partial charge in [0.1, 0.15) is 11.4 Å². The van der Waals surface area contributed by atoms with Gasteiger partial charge in [0.15, 0.2) is 11.6 Å². The lowest BCUT2D eigenvalue weighted by molar-refractivity contribution is 0.623. The Hall–Kier alpha value is -3.47. The maximum atomic E-state index is 4.87. The first-order valence-corrected chi connectivity index (χ1v) is 9.10. The topological polar surface area (TPSA) is 59.4 Å². The molecule has 0 spiro atoms. The predicted molar refractivity (Wildman–Crippen MR) is 108 cm³/mol. The zero-order chi connectivity index (χ0) is 18.4. The van der Waals surface area contributed by atoms with Crippen molar-refractivity contribution in [3.8, 4) is 23.0 Å². The Bertz CT molecular complexity index is 1230. The van der Waals surface area contributed by atoms with Crippen LogP contribution in [0.4, 0.5) is 0 Å². The van der Waals surface area contributed by atoms with E-state index < -0.39 is 0 Å². The van der Waals surface area contributed by atoms with Crippen LogP contribution in [-0.2, 0) is 0 Å². The SMILES string of the molecule is CC(C)n1c(-c2cccc(-c3nc4ccccc4[nH]3)n2)nc2ccccc21. The standard InChI is InChI=1S/C22H19N5/c1-14(2)27-20-13-6-5-10-17(20)26-22(27)19-12-7-11-18(23-19)21-24-15-8-3-4-9-16(15)25-21/h3-14H,1-2H3,(H,24,25). The summed E-state index contributed by atoms with van der Waals surface area (Å²) in [4.78, 5) is 17.7. The molecule has 0 bridgehead atoms. The highest BCUT2D eigenvalue weighted by molar-refractivity contribution is 5.81. The van der Waals surface area contributed by atoms with Gasteiger partial charge in [0, 0.05) is 6.04 Å². The Balaban J connectivity index is 1.68. The second-order valence-electron chi connectivity index (χ2n) is 6.90. The predicted octanol–water partition coefficient (Wildman–Crippen LogP) is 5.22. The number of H-pyrrole nitrogens is 1. The van der Waals surface area contributed by atoms with Crippen LogP contribution in [0.3, 0.4) is 0 Å². The van der Waals surface area contributed by atoms with E-state index in [1.807, 2.05) is 60.7 Å². The fraction of sp³-hybridized carbons (Fsp3) is 0.136. The van der Waals surface area contributed by atoms with Gasteiger partial charge in [-0.05, 0) is 50.2 Å². The summed E-state index contributed by atoms with van der Waals surface area (Å²) in [6.07, 6.45) is 0. The molecule has 5 nitrogen and oxygen atoms in total. The average molecular weight is 353 g/mol. The van der Waals surface area contributed by atoms with Crippen molar-refractivity contribution in [3.63, 3.8) is 0 Å². The first kappa shape index (κ1) is 15.8. The number of hydrogen-bond acceptors (Lipinski definition) is 3. The molecule has 5 rings (SSSR count). The van der Waals surface area contributed by atoms with Crippen LogP contribution < -0.4 is 0 Å². The van der Waals surface area contributed by atoms with Crippen LogP contribution in [0, 0.1) is 0 Å². The molecule has 2 aromatic carbocycles. The summed E-state index contributed by atoms with van der Waals surface area (Å²) in [6, 6.07) is 22.5. The second kappa shape index (κ2) is 6.06. The minimum absolute atomic E-state index is 0.282. The maximum absolute atomic E-state index is 4.87. The number of nitrogens with zero attached hydrogens (tertiary/aromatic N) is 4. The summed E-state index contributed by atoms with van der Waals surface area (Å²) in [6.45, 7) is 4.33. The third kappa shape index (κ3) is 2.59. The molecule has 0 saturated carbocycles.